The molecule has 0 bridgehead atoms. The van der Waals surface area contributed by atoms with Crippen molar-refractivity contribution < 1.29 is 4.74 Å². The Labute approximate surface area is 117 Å². The Morgan fingerprint density at radius 3 is 2.72 bits per heavy atom. The van der Waals surface area contributed by atoms with Crippen LogP contribution in [0.15, 0.2) is 28.7 Å². The highest BCUT2D eigenvalue weighted by Gasteiger charge is 2.37. The van der Waals surface area contributed by atoms with Crippen LogP contribution in [0, 0.1) is 5.92 Å². The zero-order valence-corrected chi connectivity index (χ0v) is 12.3. The fourth-order valence-corrected chi connectivity index (χ4v) is 2.82. The van der Waals surface area contributed by atoms with Gasteiger partial charge in [-0.1, -0.05) is 34.1 Å². The van der Waals surface area contributed by atoms with Gasteiger partial charge in [-0.05, 0) is 43.7 Å². The summed E-state index contributed by atoms with van der Waals surface area (Å²) in [6.45, 7) is 2.79. The van der Waals surface area contributed by atoms with E-state index in [1.807, 2.05) is 13.0 Å². The molecule has 0 aromatic heterocycles. The molecule has 100 valence electrons. The van der Waals surface area contributed by atoms with Gasteiger partial charge in [-0.15, -0.1) is 0 Å². The van der Waals surface area contributed by atoms with Crippen LogP contribution >= 0.6 is 15.9 Å². The van der Waals surface area contributed by atoms with Crippen LogP contribution in [0.1, 0.15) is 25.3 Å². The van der Waals surface area contributed by atoms with Crippen LogP contribution in [-0.4, -0.2) is 18.8 Å². The second-order valence-corrected chi connectivity index (χ2v) is 5.68. The van der Waals surface area contributed by atoms with Gasteiger partial charge >= 0.3 is 0 Å². The first kappa shape index (κ1) is 14.0. The van der Waals surface area contributed by atoms with Crippen LogP contribution in [0.25, 0.3) is 0 Å². The van der Waals surface area contributed by atoms with E-state index in [2.05, 4.69) is 39.6 Å². The Morgan fingerprint density at radius 1 is 1.44 bits per heavy atom. The number of nitrogens with one attached hydrogen (secondary N) is 1. The molecule has 0 amide bonds. The first-order valence-electron chi connectivity index (χ1n) is 6.57. The zero-order valence-electron chi connectivity index (χ0n) is 10.7. The molecule has 3 N–H and O–H groups in total. The third-order valence-corrected chi connectivity index (χ3v) is 4.23. The van der Waals surface area contributed by atoms with Crippen LogP contribution in [0.2, 0.25) is 0 Å². The predicted octanol–water partition coefficient (Wildman–Crippen LogP) is 2.64. The molecule has 3 nitrogen and oxygen atoms in total. The predicted molar refractivity (Wildman–Crippen MR) is 77.1 cm³/mol. The highest BCUT2D eigenvalue weighted by atomic mass is 79.9. The molecule has 4 heteroatoms. The van der Waals surface area contributed by atoms with Crippen molar-refractivity contribution in [1.82, 2.24) is 5.43 Å². The molecular weight excluding hydrogens is 292 g/mol. The fourth-order valence-electron chi connectivity index (χ4n) is 2.37. The number of ether oxygens (including phenoxy) is 1. The summed E-state index contributed by atoms with van der Waals surface area (Å²) in [7, 11) is 0. The van der Waals surface area contributed by atoms with E-state index in [0.29, 0.717) is 5.92 Å². The first-order valence-corrected chi connectivity index (χ1v) is 7.36. The smallest absolute Gasteiger partial charge is 0.0772 e. The van der Waals surface area contributed by atoms with Gasteiger partial charge in [0.2, 0.25) is 0 Å². The normalized spacial score (nSPS) is 18.6. The van der Waals surface area contributed by atoms with Crippen molar-refractivity contribution in [3.8, 4) is 0 Å². The van der Waals surface area contributed by atoms with Crippen molar-refractivity contribution in [3.05, 3.63) is 34.3 Å². The Hall–Kier alpha value is -0.420. The molecule has 1 saturated carbocycles. The summed E-state index contributed by atoms with van der Waals surface area (Å²) in [4.78, 5) is 0. The van der Waals surface area contributed by atoms with Gasteiger partial charge in [0.1, 0.15) is 0 Å². The standard InChI is InChI=1S/C14H21BrN2O/c1-2-18-14(10-7-8-10)13(17-16)9-11-5-3-4-6-12(11)15/h3-6,10,13-14,17H,2,7-9,16H2,1H3. The SMILES string of the molecule is CCOC(C1CC1)C(Cc1ccccc1Br)NN. The van der Waals surface area contributed by atoms with Crippen molar-refractivity contribution >= 4 is 15.9 Å². The van der Waals surface area contributed by atoms with Gasteiger partial charge < -0.3 is 4.74 Å². The fraction of sp³-hybridized carbons (Fsp3) is 0.571. The molecule has 1 aliphatic rings. The monoisotopic (exact) mass is 312 g/mol. The molecule has 0 radical (unpaired) electrons. The lowest BCUT2D eigenvalue weighted by atomic mass is 9.99. The quantitative estimate of drug-likeness (QED) is 0.601. The van der Waals surface area contributed by atoms with Gasteiger partial charge in [0.05, 0.1) is 12.1 Å². The van der Waals surface area contributed by atoms with Crippen LogP contribution in [0.5, 0.6) is 0 Å². The Balaban J connectivity index is 2.05. The number of halogens is 1. The van der Waals surface area contributed by atoms with E-state index in [9.17, 15) is 0 Å². The van der Waals surface area contributed by atoms with Gasteiger partial charge in [0.25, 0.3) is 0 Å². The maximum Gasteiger partial charge on any atom is 0.0772 e. The average Bonchev–Trinajstić information content (AvgIpc) is 3.20. The molecule has 1 fully saturated rings. The van der Waals surface area contributed by atoms with Crippen LogP contribution in [0.3, 0.4) is 0 Å². The topological polar surface area (TPSA) is 47.3 Å². The highest BCUT2D eigenvalue weighted by Crippen LogP contribution is 2.36. The second kappa shape index (κ2) is 6.66. The van der Waals surface area contributed by atoms with Crippen molar-refractivity contribution in [2.24, 2.45) is 11.8 Å². The first-order chi connectivity index (χ1) is 8.76. The molecule has 0 saturated heterocycles. The molecular formula is C14H21BrN2O. The minimum Gasteiger partial charge on any atom is -0.377 e. The zero-order chi connectivity index (χ0) is 13.0. The molecule has 18 heavy (non-hydrogen) atoms. The van der Waals surface area contributed by atoms with Gasteiger partial charge in [0.15, 0.2) is 0 Å². The molecule has 1 aromatic carbocycles. The Bertz CT molecular complexity index is 382. The second-order valence-electron chi connectivity index (χ2n) is 4.83. The molecule has 0 heterocycles. The minimum atomic E-state index is 0.177. The lowest BCUT2D eigenvalue weighted by Crippen LogP contribution is -2.47. The number of benzene rings is 1. The third-order valence-electron chi connectivity index (χ3n) is 3.45. The van der Waals surface area contributed by atoms with E-state index in [0.717, 1.165) is 17.5 Å². The van der Waals surface area contributed by atoms with Gasteiger partial charge in [-0.2, -0.15) is 0 Å². The minimum absolute atomic E-state index is 0.177. The largest absolute Gasteiger partial charge is 0.377 e. The average molecular weight is 313 g/mol. The third kappa shape index (κ3) is 3.54. The molecule has 0 spiro atoms. The van der Waals surface area contributed by atoms with E-state index in [-0.39, 0.29) is 12.1 Å². The van der Waals surface area contributed by atoms with E-state index in [1.54, 1.807) is 0 Å². The van der Waals surface area contributed by atoms with E-state index < -0.39 is 0 Å². The number of hydrogen-bond acceptors (Lipinski definition) is 3. The number of nitrogens with two attached hydrogens (primary N) is 1. The number of hydrazine groups is 1. The van der Waals surface area contributed by atoms with Crippen LogP contribution in [-0.2, 0) is 11.2 Å². The van der Waals surface area contributed by atoms with Crippen LogP contribution < -0.4 is 11.3 Å². The lowest BCUT2D eigenvalue weighted by Gasteiger charge is -2.27. The summed E-state index contributed by atoms with van der Waals surface area (Å²) in [5.74, 6) is 6.40. The molecule has 2 unspecified atom stereocenters. The highest BCUT2D eigenvalue weighted by molar-refractivity contribution is 9.10. The number of rotatable bonds is 7. The van der Waals surface area contributed by atoms with Gasteiger partial charge in [-0.3, -0.25) is 11.3 Å². The van der Waals surface area contributed by atoms with E-state index >= 15 is 0 Å². The van der Waals surface area contributed by atoms with Crippen molar-refractivity contribution in [3.63, 3.8) is 0 Å². The Kier molecular flexibility index (Phi) is 5.18. The van der Waals surface area contributed by atoms with Crippen LogP contribution in [0.4, 0.5) is 0 Å². The maximum absolute atomic E-state index is 5.87. The van der Waals surface area contributed by atoms with Crippen molar-refractivity contribution in [1.29, 1.82) is 0 Å². The molecule has 0 aliphatic heterocycles. The summed E-state index contributed by atoms with van der Waals surface area (Å²) >= 11 is 3.59. The number of hydrogen-bond donors (Lipinski definition) is 2. The maximum atomic E-state index is 5.87. The molecule has 2 rings (SSSR count). The van der Waals surface area contributed by atoms with Crippen molar-refractivity contribution in [2.75, 3.05) is 6.61 Å². The summed E-state index contributed by atoms with van der Waals surface area (Å²) in [6, 6.07) is 8.45. The van der Waals surface area contributed by atoms with E-state index in [1.165, 1.54) is 18.4 Å². The van der Waals surface area contributed by atoms with Crippen molar-refractivity contribution in [2.45, 2.75) is 38.3 Å². The summed E-state index contributed by atoms with van der Waals surface area (Å²) < 4.78 is 7.01. The summed E-state index contributed by atoms with van der Waals surface area (Å²) in [6.07, 6.45) is 3.64. The summed E-state index contributed by atoms with van der Waals surface area (Å²) in [5, 5.41) is 0. The van der Waals surface area contributed by atoms with E-state index in [4.69, 9.17) is 10.6 Å². The lowest BCUT2D eigenvalue weighted by molar-refractivity contribution is 0.0191. The van der Waals surface area contributed by atoms with Gasteiger partial charge in [0, 0.05) is 11.1 Å². The molecule has 1 aromatic rings. The van der Waals surface area contributed by atoms with Gasteiger partial charge in [-0.25, -0.2) is 0 Å². The Morgan fingerprint density at radius 2 is 2.17 bits per heavy atom. The molecule has 2 atom stereocenters. The summed E-state index contributed by atoms with van der Waals surface area (Å²) in [5.41, 5.74) is 4.21. The molecule has 1 aliphatic carbocycles.